The molecule has 1 fully saturated rings. The number of aryl methyl sites for hydroxylation is 1. The van der Waals surface area contributed by atoms with Gasteiger partial charge in [0.05, 0.1) is 10.6 Å². The maximum Gasteiger partial charge on any atom is 0.0797 e. The van der Waals surface area contributed by atoms with Gasteiger partial charge in [-0.25, -0.2) is 0 Å². The first-order valence-electron chi connectivity index (χ1n) is 7.13. The van der Waals surface area contributed by atoms with E-state index in [1.807, 2.05) is 0 Å². The van der Waals surface area contributed by atoms with Gasteiger partial charge in [0.2, 0.25) is 0 Å². The van der Waals surface area contributed by atoms with E-state index in [-0.39, 0.29) is 0 Å². The maximum atomic E-state index is 4.13. The van der Waals surface area contributed by atoms with Gasteiger partial charge in [-0.05, 0) is 63.4 Å². The van der Waals surface area contributed by atoms with Crippen LogP contribution in [0.2, 0.25) is 0 Å². The van der Waals surface area contributed by atoms with Crippen molar-refractivity contribution in [3.63, 3.8) is 0 Å². The van der Waals surface area contributed by atoms with Crippen LogP contribution in [0, 0.1) is 0 Å². The molecule has 102 valence electrons. The van der Waals surface area contributed by atoms with Crippen molar-refractivity contribution < 1.29 is 0 Å². The molecule has 5 heteroatoms. The summed E-state index contributed by atoms with van der Waals surface area (Å²) in [7, 11) is 0. The Kier molecular flexibility index (Phi) is 6.04. The number of rotatable bonds is 7. The van der Waals surface area contributed by atoms with Gasteiger partial charge in [-0.1, -0.05) is 17.8 Å². The van der Waals surface area contributed by atoms with Crippen molar-refractivity contribution in [3.8, 4) is 0 Å². The molecule has 0 spiro atoms. The number of nitrogens with one attached hydrogen (secondary N) is 1. The van der Waals surface area contributed by atoms with Gasteiger partial charge < -0.3 is 10.2 Å². The Hall–Kier alpha value is -0.520. The van der Waals surface area contributed by atoms with Crippen LogP contribution in [-0.2, 0) is 13.0 Å². The fourth-order valence-corrected chi connectivity index (χ4v) is 3.14. The minimum atomic E-state index is 0.931. The van der Waals surface area contributed by atoms with Crippen molar-refractivity contribution in [2.45, 2.75) is 45.6 Å². The molecule has 1 saturated heterocycles. The SMILES string of the molecule is CCc1nnsc1CNCCCN1CCCCC1. The van der Waals surface area contributed by atoms with E-state index in [9.17, 15) is 0 Å². The Morgan fingerprint density at radius 3 is 2.89 bits per heavy atom. The quantitative estimate of drug-likeness (QED) is 0.769. The van der Waals surface area contributed by atoms with Crippen LogP contribution >= 0.6 is 11.5 Å². The molecule has 0 radical (unpaired) electrons. The molecule has 18 heavy (non-hydrogen) atoms. The fourth-order valence-electron chi connectivity index (χ4n) is 2.44. The van der Waals surface area contributed by atoms with Crippen molar-refractivity contribution in [2.75, 3.05) is 26.2 Å². The molecule has 0 aromatic carbocycles. The largest absolute Gasteiger partial charge is 0.312 e. The molecule has 1 aliphatic rings. The van der Waals surface area contributed by atoms with Crippen LogP contribution in [-0.4, -0.2) is 40.7 Å². The zero-order chi connectivity index (χ0) is 12.6. The van der Waals surface area contributed by atoms with Crippen LogP contribution in [0.3, 0.4) is 0 Å². The zero-order valence-electron chi connectivity index (χ0n) is 11.3. The third-order valence-electron chi connectivity index (χ3n) is 3.53. The van der Waals surface area contributed by atoms with E-state index in [4.69, 9.17) is 0 Å². The summed E-state index contributed by atoms with van der Waals surface area (Å²) >= 11 is 1.53. The molecule has 0 amide bonds. The number of nitrogens with zero attached hydrogens (tertiary/aromatic N) is 3. The number of hydrogen-bond donors (Lipinski definition) is 1. The van der Waals surface area contributed by atoms with E-state index in [2.05, 4.69) is 26.7 Å². The smallest absolute Gasteiger partial charge is 0.0797 e. The van der Waals surface area contributed by atoms with Gasteiger partial charge in [0.1, 0.15) is 0 Å². The Balaban J connectivity index is 1.55. The summed E-state index contributed by atoms with van der Waals surface area (Å²) in [6.07, 6.45) is 6.43. The third kappa shape index (κ3) is 4.30. The average Bonchev–Trinajstić information content (AvgIpc) is 2.87. The lowest BCUT2D eigenvalue weighted by Crippen LogP contribution is -2.32. The Morgan fingerprint density at radius 2 is 2.11 bits per heavy atom. The summed E-state index contributed by atoms with van der Waals surface area (Å²) in [5, 5.41) is 7.63. The molecular weight excluding hydrogens is 244 g/mol. The number of piperidine rings is 1. The van der Waals surface area contributed by atoms with Crippen LogP contribution in [0.5, 0.6) is 0 Å². The minimum absolute atomic E-state index is 0.931. The number of aromatic nitrogens is 2. The molecular formula is C13H24N4S. The molecule has 0 unspecified atom stereocenters. The summed E-state index contributed by atoms with van der Waals surface area (Å²) in [6.45, 7) is 8.01. The van der Waals surface area contributed by atoms with Crippen LogP contribution < -0.4 is 5.32 Å². The van der Waals surface area contributed by atoms with Crippen molar-refractivity contribution in [2.24, 2.45) is 0 Å². The summed E-state index contributed by atoms with van der Waals surface area (Å²) in [6, 6.07) is 0. The van der Waals surface area contributed by atoms with Crippen LogP contribution in [0.4, 0.5) is 0 Å². The van der Waals surface area contributed by atoms with Crippen LogP contribution in [0.1, 0.15) is 43.2 Å². The first-order valence-corrected chi connectivity index (χ1v) is 7.90. The average molecular weight is 268 g/mol. The molecule has 0 aliphatic carbocycles. The van der Waals surface area contributed by atoms with Crippen molar-refractivity contribution in [1.82, 2.24) is 19.8 Å². The molecule has 1 aliphatic heterocycles. The molecule has 2 rings (SSSR count). The molecule has 0 bridgehead atoms. The summed E-state index contributed by atoms with van der Waals surface area (Å²) in [5.74, 6) is 0. The van der Waals surface area contributed by atoms with Gasteiger partial charge in [-0.15, -0.1) is 5.10 Å². The number of hydrogen-bond acceptors (Lipinski definition) is 5. The zero-order valence-corrected chi connectivity index (χ0v) is 12.1. The second kappa shape index (κ2) is 7.81. The molecule has 2 heterocycles. The van der Waals surface area contributed by atoms with E-state index in [1.165, 1.54) is 61.7 Å². The highest BCUT2D eigenvalue weighted by molar-refractivity contribution is 7.05. The predicted molar refractivity (Wildman–Crippen MR) is 75.9 cm³/mol. The maximum absolute atomic E-state index is 4.13. The topological polar surface area (TPSA) is 41.1 Å². The molecule has 4 nitrogen and oxygen atoms in total. The van der Waals surface area contributed by atoms with Gasteiger partial charge in [0, 0.05) is 6.54 Å². The monoisotopic (exact) mass is 268 g/mol. The van der Waals surface area contributed by atoms with Gasteiger partial charge in [0.15, 0.2) is 0 Å². The lowest BCUT2D eigenvalue weighted by molar-refractivity contribution is 0.225. The normalized spacial score (nSPS) is 17.2. The van der Waals surface area contributed by atoms with E-state index in [0.717, 1.165) is 25.2 Å². The fraction of sp³-hybridized carbons (Fsp3) is 0.846. The van der Waals surface area contributed by atoms with Crippen LogP contribution in [0.25, 0.3) is 0 Å². The summed E-state index contributed by atoms with van der Waals surface area (Å²) in [5.41, 5.74) is 1.16. The van der Waals surface area contributed by atoms with Gasteiger partial charge >= 0.3 is 0 Å². The van der Waals surface area contributed by atoms with Crippen molar-refractivity contribution >= 4 is 11.5 Å². The highest BCUT2D eigenvalue weighted by Gasteiger charge is 2.09. The molecule has 0 saturated carbocycles. The van der Waals surface area contributed by atoms with Crippen molar-refractivity contribution in [1.29, 1.82) is 0 Å². The van der Waals surface area contributed by atoms with E-state index < -0.39 is 0 Å². The van der Waals surface area contributed by atoms with Gasteiger partial charge in [-0.3, -0.25) is 0 Å². The Bertz CT molecular complexity index is 333. The van der Waals surface area contributed by atoms with Crippen molar-refractivity contribution in [3.05, 3.63) is 10.6 Å². The van der Waals surface area contributed by atoms with Gasteiger partial charge in [0.25, 0.3) is 0 Å². The van der Waals surface area contributed by atoms with E-state index in [0.29, 0.717) is 0 Å². The first kappa shape index (κ1) is 13.9. The summed E-state index contributed by atoms with van der Waals surface area (Å²) < 4.78 is 4.01. The second-order valence-corrected chi connectivity index (χ2v) is 5.77. The first-order chi connectivity index (χ1) is 8.90. The summed E-state index contributed by atoms with van der Waals surface area (Å²) in [4.78, 5) is 3.90. The van der Waals surface area contributed by atoms with Crippen LogP contribution in [0.15, 0.2) is 0 Å². The molecule has 1 aromatic rings. The minimum Gasteiger partial charge on any atom is -0.312 e. The van der Waals surface area contributed by atoms with E-state index >= 15 is 0 Å². The number of likely N-dealkylation sites (tertiary alicyclic amines) is 1. The lowest BCUT2D eigenvalue weighted by atomic mass is 10.1. The predicted octanol–water partition coefficient (Wildman–Crippen LogP) is 2.07. The highest BCUT2D eigenvalue weighted by Crippen LogP contribution is 2.11. The van der Waals surface area contributed by atoms with E-state index in [1.54, 1.807) is 0 Å². The second-order valence-electron chi connectivity index (χ2n) is 4.93. The lowest BCUT2D eigenvalue weighted by Gasteiger charge is -2.26. The standard InChI is InChI=1S/C13H24N4S/c1-2-12-13(18-16-15-12)11-14-7-6-10-17-8-4-3-5-9-17/h14H,2-11H2,1H3. The Labute approximate surface area is 114 Å². The molecule has 1 aromatic heterocycles. The van der Waals surface area contributed by atoms with Gasteiger partial charge in [-0.2, -0.15) is 0 Å². The Morgan fingerprint density at radius 1 is 1.28 bits per heavy atom. The highest BCUT2D eigenvalue weighted by atomic mass is 32.1. The molecule has 1 N–H and O–H groups in total. The molecule has 0 atom stereocenters. The third-order valence-corrected chi connectivity index (χ3v) is 4.30.